The number of benzene rings is 3. The fourth-order valence-corrected chi connectivity index (χ4v) is 4.35. The molecule has 5 rings (SSSR count). The molecule has 0 saturated carbocycles. The zero-order chi connectivity index (χ0) is 21.2. The average Bonchev–Trinajstić information content (AvgIpc) is 3.36. The van der Waals surface area contributed by atoms with Crippen molar-refractivity contribution in [2.75, 3.05) is 12.3 Å². The van der Waals surface area contributed by atoms with Gasteiger partial charge >= 0.3 is 0 Å². The summed E-state index contributed by atoms with van der Waals surface area (Å²) in [6.07, 6.45) is 0. The van der Waals surface area contributed by atoms with Crippen LogP contribution in [0.5, 0.6) is 0 Å². The van der Waals surface area contributed by atoms with E-state index in [1.165, 1.54) is 16.7 Å². The molecule has 0 radical (unpaired) electrons. The van der Waals surface area contributed by atoms with E-state index in [1.807, 2.05) is 60.7 Å². The van der Waals surface area contributed by atoms with Gasteiger partial charge in [0.2, 0.25) is 0 Å². The van der Waals surface area contributed by atoms with Crippen LogP contribution >= 0.6 is 11.8 Å². The molecule has 5 nitrogen and oxygen atoms in total. The Labute approximate surface area is 183 Å². The van der Waals surface area contributed by atoms with E-state index in [0.29, 0.717) is 34.4 Å². The van der Waals surface area contributed by atoms with Crippen molar-refractivity contribution in [3.8, 4) is 22.6 Å². The van der Waals surface area contributed by atoms with Gasteiger partial charge in [-0.15, -0.1) is 0 Å². The molecule has 0 N–H and O–H groups in total. The topological polar surface area (TPSA) is 63.4 Å². The summed E-state index contributed by atoms with van der Waals surface area (Å²) < 4.78 is 6.10. The van der Waals surface area contributed by atoms with Gasteiger partial charge in [0.25, 0.3) is 17.0 Å². The van der Waals surface area contributed by atoms with Crippen molar-refractivity contribution in [3.63, 3.8) is 0 Å². The second-order valence-corrected chi connectivity index (χ2v) is 8.09. The van der Waals surface area contributed by atoms with Crippen LogP contribution in [0.3, 0.4) is 0 Å². The van der Waals surface area contributed by atoms with E-state index in [9.17, 15) is 9.59 Å². The lowest BCUT2D eigenvalue weighted by Crippen LogP contribution is -2.31. The van der Waals surface area contributed by atoms with Crippen molar-refractivity contribution in [2.24, 2.45) is 0 Å². The van der Waals surface area contributed by atoms with Gasteiger partial charge in [-0.1, -0.05) is 84.6 Å². The highest BCUT2D eigenvalue weighted by atomic mass is 32.2. The minimum atomic E-state index is -0.247. The van der Waals surface area contributed by atoms with Gasteiger partial charge in [0.05, 0.1) is 11.1 Å². The zero-order valence-electron chi connectivity index (χ0n) is 16.5. The summed E-state index contributed by atoms with van der Waals surface area (Å²) in [6, 6.07) is 26.7. The summed E-state index contributed by atoms with van der Waals surface area (Å²) in [6.45, 7) is 0.292. The molecule has 0 fully saturated rings. The molecule has 2 heterocycles. The van der Waals surface area contributed by atoms with E-state index in [2.05, 4.69) is 0 Å². The van der Waals surface area contributed by atoms with Crippen LogP contribution in [-0.2, 0) is 0 Å². The van der Waals surface area contributed by atoms with Crippen molar-refractivity contribution >= 4 is 23.6 Å². The fourth-order valence-electron chi connectivity index (χ4n) is 3.61. The number of nitrogens with zero attached hydrogens (tertiary/aromatic N) is 2. The van der Waals surface area contributed by atoms with Gasteiger partial charge in [-0.25, -0.2) is 4.98 Å². The minimum Gasteiger partial charge on any atom is -0.431 e. The number of hydrogen-bond donors (Lipinski definition) is 0. The number of carbonyl (C=O) groups excluding carboxylic acids is 2. The molecule has 6 heteroatoms. The number of thioether (sulfide) groups is 1. The minimum absolute atomic E-state index is 0.247. The zero-order valence-corrected chi connectivity index (χ0v) is 17.3. The Balaban J connectivity index is 1.35. The van der Waals surface area contributed by atoms with Crippen LogP contribution in [0.15, 0.2) is 94.6 Å². The van der Waals surface area contributed by atoms with Crippen molar-refractivity contribution < 1.29 is 14.0 Å². The maximum Gasteiger partial charge on any atom is 0.261 e. The van der Waals surface area contributed by atoms with Crippen molar-refractivity contribution in [3.05, 3.63) is 96.1 Å². The van der Waals surface area contributed by atoms with Gasteiger partial charge in [-0.3, -0.25) is 14.5 Å². The molecule has 1 aromatic heterocycles. The summed E-state index contributed by atoms with van der Waals surface area (Å²) >= 11 is 1.39. The highest BCUT2D eigenvalue weighted by molar-refractivity contribution is 7.99. The predicted molar refractivity (Wildman–Crippen MR) is 120 cm³/mol. The lowest BCUT2D eigenvalue weighted by Gasteiger charge is -2.12. The molecular weight excluding hydrogens is 408 g/mol. The Morgan fingerprint density at radius 2 is 1.29 bits per heavy atom. The second kappa shape index (κ2) is 8.24. The van der Waals surface area contributed by atoms with Crippen LogP contribution < -0.4 is 0 Å². The van der Waals surface area contributed by atoms with E-state index in [-0.39, 0.29) is 11.8 Å². The SMILES string of the molecule is O=C1c2ccccc2C(=O)N1CCSc1nc(-c2ccccc2)c(-c2ccccc2)o1. The third kappa shape index (κ3) is 3.66. The number of oxazole rings is 1. The number of imide groups is 1. The van der Waals surface area contributed by atoms with Gasteiger partial charge in [0.1, 0.15) is 5.69 Å². The van der Waals surface area contributed by atoms with E-state index in [1.54, 1.807) is 24.3 Å². The molecule has 1 aliphatic rings. The summed E-state index contributed by atoms with van der Waals surface area (Å²) in [4.78, 5) is 31.1. The van der Waals surface area contributed by atoms with Crippen LogP contribution in [0.4, 0.5) is 0 Å². The fraction of sp³-hybridized carbons (Fsp3) is 0.0800. The molecule has 152 valence electrons. The normalized spacial score (nSPS) is 13.0. The first-order valence-corrected chi connectivity index (χ1v) is 10.9. The van der Waals surface area contributed by atoms with Gasteiger partial charge in [-0.2, -0.15) is 0 Å². The third-order valence-corrected chi connectivity index (χ3v) is 5.92. The second-order valence-electron chi connectivity index (χ2n) is 7.05. The molecule has 0 bridgehead atoms. The number of amides is 2. The number of carbonyl (C=O) groups is 2. The molecule has 0 spiro atoms. The van der Waals surface area contributed by atoms with Gasteiger partial charge in [0.15, 0.2) is 5.76 Å². The van der Waals surface area contributed by atoms with Crippen molar-refractivity contribution in [1.29, 1.82) is 0 Å². The highest BCUT2D eigenvalue weighted by Crippen LogP contribution is 2.35. The molecule has 0 saturated heterocycles. The third-order valence-electron chi connectivity index (χ3n) is 5.11. The Kier molecular flexibility index (Phi) is 5.14. The molecule has 0 unspecified atom stereocenters. The molecule has 3 aromatic carbocycles. The number of aromatic nitrogens is 1. The molecule has 2 amide bonds. The lowest BCUT2D eigenvalue weighted by molar-refractivity contribution is 0.0664. The van der Waals surface area contributed by atoms with E-state index in [0.717, 1.165) is 16.8 Å². The molecule has 0 atom stereocenters. The first-order chi connectivity index (χ1) is 15.2. The Bertz CT molecular complexity index is 1160. The standard InChI is InChI=1S/C25H18N2O3S/c28-23-19-13-7-8-14-20(19)24(29)27(23)15-16-31-25-26-21(17-9-3-1-4-10-17)22(30-25)18-11-5-2-6-12-18/h1-14H,15-16H2. The van der Waals surface area contributed by atoms with Gasteiger partial charge in [-0.05, 0) is 12.1 Å². The van der Waals surface area contributed by atoms with E-state index < -0.39 is 0 Å². The van der Waals surface area contributed by atoms with Crippen LogP contribution in [-0.4, -0.2) is 34.0 Å². The first kappa shape index (κ1) is 19.3. The van der Waals surface area contributed by atoms with E-state index >= 15 is 0 Å². The Morgan fingerprint density at radius 1 is 0.742 bits per heavy atom. The molecule has 0 aliphatic carbocycles. The summed E-state index contributed by atoms with van der Waals surface area (Å²) in [5.74, 6) is 0.705. The Morgan fingerprint density at radius 3 is 1.90 bits per heavy atom. The quantitative estimate of drug-likeness (QED) is 0.305. The van der Waals surface area contributed by atoms with Gasteiger partial charge < -0.3 is 4.42 Å². The van der Waals surface area contributed by atoms with Crippen molar-refractivity contribution in [1.82, 2.24) is 9.88 Å². The maximum absolute atomic E-state index is 12.5. The van der Waals surface area contributed by atoms with Crippen LogP contribution in [0.1, 0.15) is 20.7 Å². The first-order valence-electron chi connectivity index (χ1n) is 9.92. The number of fused-ring (bicyclic) bond motifs is 1. The predicted octanol–water partition coefficient (Wildman–Crippen LogP) is 5.40. The average molecular weight is 426 g/mol. The largest absolute Gasteiger partial charge is 0.431 e. The lowest BCUT2D eigenvalue weighted by atomic mass is 10.1. The van der Waals surface area contributed by atoms with Crippen LogP contribution in [0.25, 0.3) is 22.6 Å². The summed E-state index contributed by atoms with van der Waals surface area (Å²) in [5.41, 5.74) is 3.62. The summed E-state index contributed by atoms with van der Waals surface area (Å²) in [5, 5.41) is 0.509. The molecule has 4 aromatic rings. The summed E-state index contributed by atoms with van der Waals surface area (Å²) in [7, 11) is 0. The molecule has 1 aliphatic heterocycles. The maximum atomic E-state index is 12.5. The Hall–Kier alpha value is -3.64. The molecular formula is C25H18N2O3S. The number of hydrogen-bond acceptors (Lipinski definition) is 5. The monoisotopic (exact) mass is 426 g/mol. The van der Waals surface area contributed by atoms with Crippen LogP contribution in [0.2, 0.25) is 0 Å². The molecule has 31 heavy (non-hydrogen) atoms. The smallest absolute Gasteiger partial charge is 0.261 e. The van der Waals surface area contributed by atoms with Gasteiger partial charge in [0, 0.05) is 23.4 Å². The van der Waals surface area contributed by atoms with Crippen molar-refractivity contribution in [2.45, 2.75) is 5.22 Å². The van der Waals surface area contributed by atoms with E-state index in [4.69, 9.17) is 9.40 Å². The highest BCUT2D eigenvalue weighted by Gasteiger charge is 2.34. The van der Waals surface area contributed by atoms with Crippen LogP contribution in [0, 0.1) is 0 Å². The number of rotatable bonds is 6.